The van der Waals surface area contributed by atoms with E-state index in [4.69, 9.17) is 0 Å². The van der Waals surface area contributed by atoms with Gasteiger partial charge in [-0.1, -0.05) is 22.0 Å². The number of anilines is 2. The summed E-state index contributed by atoms with van der Waals surface area (Å²) in [5.41, 5.74) is 0.579. The molecule has 21 heavy (non-hydrogen) atoms. The minimum atomic E-state index is -0.195. The molecule has 0 saturated carbocycles. The quantitative estimate of drug-likeness (QED) is 0.927. The Labute approximate surface area is 131 Å². The van der Waals surface area contributed by atoms with Crippen molar-refractivity contribution in [2.24, 2.45) is 0 Å². The van der Waals surface area contributed by atoms with E-state index < -0.39 is 0 Å². The summed E-state index contributed by atoms with van der Waals surface area (Å²) in [6, 6.07) is 10.9. The lowest BCUT2D eigenvalue weighted by Crippen LogP contribution is -2.20. The zero-order valence-electron chi connectivity index (χ0n) is 11.4. The van der Waals surface area contributed by atoms with Crippen LogP contribution in [-0.2, 0) is 0 Å². The largest absolute Gasteiger partial charge is 0.355 e. The summed E-state index contributed by atoms with van der Waals surface area (Å²) in [4.78, 5) is 14.3. The smallest absolute Gasteiger partial charge is 0.256 e. The lowest BCUT2D eigenvalue weighted by molar-refractivity contribution is 0.102. The summed E-state index contributed by atoms with van der Waals surface area (Å²) < 4.78 is 0.866. The first-order valence-electron chi connectivity index (χ1n) is 6.88. The van der Waals surface area contributed by atoms with Gasteiger partial charge in [-0.3, -0.25) is 4.79 Å². The molecule has 0 radical (unpaired) electrons. The maximum atomic E-state index is 12.1. The Kier molecular flexibility index (Phi) is 4.15. The lowest BCUT2D eigenvalue weighted by Gasteiger charge is -2.15. The van der Waals surface area contributed by atoms with Crippen LogP contribution in [-0.4, -0.2) is 29.2 Å². The number of nitrogens with zero attached hydrogens (tertiary/aromatic N) is 3. The highest BCUT2D eigenvalue weighted by molar-refractivity contribution is 9.10. The second kappa shape index (κ2) is 6.22. The van der Waals surface area contributed by atoms with Crippen molar-refractivity contribution in [2.45, 2.75) is 12.8 Å². The number of amides is 1. The topological polar surface area (TPSA) is 58.1 Å². The Hall–Kier alpha value is -1.95. The molecule has 1 aromatic heterocycles. The first kappa shape index (κ1) is 14.0. The number of aromatic nitrogens is 2. The highest BCUT2D eigenvalue weighted by atomic mass is 79.9. The molecule has 2 aromatic rings. The van der Waals surface area contributed by atoms with E-state index in [0.717, 1.165) is 23.4 Å². The van der Waals surface area contributed by atoms with E-state index in [1.54, 1.807) is 18.2 Å². The Balaban J connectivity index is 1.68. The number of nitrogens with one attached hydrogen (secondary N) is 1. The molecule has 1 amide bonds. The van der Waals surface area contributed by atoms with Crippen molar-refractivity contribution in [3.05, 3.63) is 46.4 Å². The van der Waals surface area contributed by atoms with Crippen LogP contribution in [0.1, 0.15) is 23.2 Å². The predicted molar refractivity (Wildman–Crippen MR) is 85.6 cm³/mol. The van der Waals surface area contributed by atoms with Gasteiger partial charge >= 0.3 is 0 Å². The minimum absolute atomic E-state index is 0.195. The van der Waals surface area contributed by atoms with Crippen molar-refractivity contribution in [3.8, 4) is 0 Å². The van der Waals surface area contributed by atoms with E-state index in [1.807, 2.05) is 18.2 Å². The molecule has 1 aliphatic rings. The number of benzene rings is 1. The molecule has 2 heterocycles. The Morgan fingerprint density at radius 2 is 1.95 bits per heavy atom. The number of rotatable bonds is 3. The zero-order valence-corrected chi connectivity index (χ0v) is 13.0. The van der Waals surface area contributed by atoms with Gasteiger partial charge in [-0.05, 0) is 43.2 Å². The third kappa shape index (κ3) is 3.39. The normalized spacial score (nSPS) is 14.2. The summed E-state index contributed by atoms with van der Waals surface area (Å²) in [7, 11) is 0. The highest BCUT2D eigenvalue weighted by Gasteiger charge is 2.14. The second-order valence-electron chi connectivity index (χ2n) is 4.94. The fourth-order valence-corrected chi connectivity index (χ4v) is 2.72. The van der Waals surface area contributed by atoms with Crippen molar-refractivity contribution in [1.82, 2.24) is 10.2 Å². The molecule has 1 aromatic carbocycles. The van der Waals surface area contributed by atoms with E-state index in [2.05, 4.69) is 36.3 Å². The standard InChI is InChI=1S/C15H15BrN4O/c16-12-5-3-4-11(10-12)15(21)17-13-6-7-14(19-18-13)20-8-1-2-9-20/h3-7,10H,1-2,8-9H2,(H,17,18,21). The number of carbonyl (C=O) groups excluding carboxylic acids is 1. The summed E-state index contributed by atoms with van der Waals surface area (Å²) >= 11 is 3.35. The van der Waals surface area contributed by atoms with E-state index >= 15 is 0 Å². The van der Waals surface area contributed by atoms with Crippen LogP contribution < -0.4 is 10.2 Å². The monoisotopic (exact) mass is 346 g/mol. The van der Waals surface area contributed by atoms with Gasteiger partial charge in [0.15, 0.2) is 11.6 Å². The molecule has 0 spiro atoms. The summed E-state index contributed by atoms with van der Waals surface area (Å²) in [6.45, 7) is 2.05. The number of halogens is 1. The van der Waals surface area contributed by atoms with Crippen LogP contribution in [0.15, 0.2) is 40.9 Å². The van der Waals surface area contributed by atoms with Gasteiger partial charge in [0.1, 0.15) is 0 Å². The van der Waals surface area contributed by atoms with Crippen molar-refractivity contribution >= 4 is 33.5 Å². The molecule has 1 fully saturated rings. The minimum Gasteiger partial charge on any atom is -0.355 e. The fraction of sp³-hybridized carbons (Fsp3) is 0.267. The van der Waals surface area contributed by atoms with Crippen LogP contribution in [0.5, 0.6) is 0 Å². The van der Waals surface area contributed by atoms with E-state index in [1.165, 1.54) is 12.8 Å². The van der Waals surface area contributed by atoms with Gasteiger partial charge in [0.2, 0.25) is 0 Å². The van der Waals surface area contributed by atoms with E-state index in [0.29, 0.717) is 11.4 Å². The first-order chi connectivity index (χ1) is 10.2. The maximum Gasteiger partial charge on any atom is 0.256 e. The molecule has 1 saturated heterocycles. The van der Waals surface area contributed by atoms with Gasteiger partial charge in [0, 0.05) is 23.1 Å². The summed E-state index contributed by atoms with van der Waals surface area (Å²) in [6.07, 6.45) is 2.39. The molecular formula is C15H15BrN4O. The Bertz CT molecular complexity index is 638. The van der Waals surface area contributed by atoms with Crippen molar-refractivity contribution in [2.75, 3.05) is 23.3 Å². The molecule has 5 nitrogen and oxygen atoms in total. The zero-order chi connectivity index (χ0) is 14.7. The third-order valence-electron chi connectivity index (χ3n) is 3.41. The highest BCUT2D eigenvalue weighted by Crippen LogP contribution is 2.18. The molecule has 0 unspecified atom stereocenters. The van der Waals surface area contributed by atoms with Crippen LogP contribution in [0, 0.1) is 0 Å². The van der Waals surface area contributed by atoms with Crippen molar-refractivity contribution in [1.29, 1.82) is 0 Å². The average Bonchev–Trinajstić information content (AvgIpc) is 3.02. The second-order valence-corrected chi connectivity index (χ2v) is 5.85. The van der Waals surface area contributed by atoms with E-state index in [-0.39, 0.29) is 5.91 Å². The molecule has 108 valence electrons. The van der Waals surface area contributed by atoms with Crippen LogP contribution in [0.3, 0.4) is 0 Å². The summed E-state index contributed by atoms with van der Waals surface area (Å²) in [5.74, 6) is 1.13. The number of hydrogen-bond donors (Lipinski definition) is 1. The van der Waals surface area contributed by atoms with Gasteiger partial charge < -0.3 is 10.2 Å². The number of carbonyl (C=O) groups is 1. The first-order valence-corrected chi connectivity index (χ1v) is 7.67. The van der Waals surface area contributed by atoms with Gasteiger partial charge in [0.05, 0.1) is 0 Å². The Morgan fingerprint density at radius 3 is 2.62 bits per heavy atom. The predicted octanol–water partition coefficient (Wildman–Crippen LogP) is 3.09. The van der Waals surface area contributed by atoms with Gasteiger partial charge in [-0.15, -0.1) is 10.2 Å². The molecule has 0 bridgehead atoms. The average molecular weight is 347 g/mol. The van der Waals surface area contributed by atoms with E-state index in [9.17, 15) is 4.79 Å². The van der Waals surface area contributed by atoms with Gasteiger partial charge in [0.25, 0.3) is 5.91 Å². The lowest BCUT2D eigenvalue weighted by atomic mass is 10.2. The van der Waals surface area contributed by atoms with Crippen LogP contribution in [0.2, 0.25) is 0 Å². The maximum absolute atomic E-state index is 12.1. The molecular weight excluding hydrogens is 332 g/mol. The number of hydrogen-bond acceptors (Lipinski definition) is 4. The van der Waals surface area contributed by atoms with Gasteiger partial charge in [-0.25, -0.2) is 0 Å². The van der Waals surface area contributed by atoms with Gasteiger partial charge in [-0.2, -0.15) is 0 Å². The van der Waals surface area contributed by atoms with Crippen LogP contribution >= 0.6 is 15.9 Å². The summed E-state index contributed by atoms with van der Waals surface area (Å²) in [5, 5.41) is 11.0. The molecule has 1 N–H and O–H groups in total. The van der Waals surface area contributed by atoms with Crippen LogP contribution in [0.4, 0.5) is 11.6 Å². The SMILES string of the molecule is O=C(Nc1ccc(N2CCCC2)nn1)c1cccc(Br)c1. The van der Waals surface area contributed by atoms with Crippen LogP contribution in [0.25, 0.3) is 0 Å². The van der Waals surface area contributed by atoms with Crippen molar-refractivity contribution < 1.29 is 4.79 Å². The van der Waals surface area contributed by atoms with Crippen molar-refractivity contribution in [3.63, 3.8) is 0 Å². The molecule has 3 rings (SSSR count). The molecule has 1 aliphatic heterocycles. The third-order valence-corrected chi connectivity index (χ3v) is 3.90. The molecule has 0 aliphatic carbocycles. The Morgan fingerprint density at radius 1 is 1.14 bits per heavy atom. The fourth-order valence-electron chi connectivity index (χ4n) is 2.32. The molecule has 0 atom stereocenters. The molecule has 6 heteroatoms.